The number of aliphatic hydroxyl groups is 1. The molecule has 0 saturated carbocycles. The number of rotatable bonds is 4. The van der Waals surface area contributed by atoms with E-state index in [-0.39, 0.29) is 10.8 Å². The smallest absolute Gasteiger partial charge is 0.272 e. The second-order valence-corrected chi connectivity index (χ2v) is 4.79. The van der Waals surface area contributed by atoms with Crippen molar-refractivity contribution in [3.63, 3.8) is 0 Å². The van der Waals surface area contributed by atoms with E-state index in [0.717, 1.165) is 11.8 Å². The van der Waals surface area contributed by atoms with Crippen LogP contribution >= 0.6 is 11.8 Å². The summed E-state index contributed by atoms with van der Waals surface area (Å²) in [5, 5.41) is 11.2. The Morgan fingerprint density at radius 1 is 1.35 bits per heavy atom. The quantitative estimate of drug-likeness (QED) is 0.857. The van der Waals surface area contributed by atoms with Crippen molar-refractivity contribution in [3.8, 4) is 0 Å². The van der Waals surface area contributed by atoms with Crippen LogP contribution in [0.1, 0.15) is 10.5 Å². The van der Waals surface area contributed by atoms with Crippen LogP contribution in [0.25, 0.3) is 11.0 Å². The van der Waals surface area contributed by atoms with E-state index < -0.39 is 18.6 Å². The van der Waals surface area contributed by atoms with Gasteiger partial charge in [0.1, 0.15) is 11.7 Å². The van der Waals surface area contributed by atoms with E-state index in [9.17, 15) is 9.59 Å². The molecule has 20 heavy (non-hydrogen) atoms. The molecule has 2 aromatic rings. The van der Waals surface area contributed by atoms with Crippen molar-refractivity contribution < 1.29 is 14.7 Å². The highest BCUT2D eigenvalue weighted by Gasteiger charge is 2.20. The van der Waals surface area contributed by atoms with Crippen LogP contribution < -0.4 is 5.32 Å². The molecular formula is C13H13N3O3S. The molecule has 0 saturated heterocycles. The molecule has 1 atom stereocenters. The Hall–Kier alpha value is -1.99. The maximum atomic E-state index is 12.0. The van der Waals surface area contributed by atoms with Gasteiger partial charge in [0.15, 0.2) is 0 Å². The first kappa shape index (κ1) is 14.4. The molecule has 2 N–H and O–H groups in total. The summed E-state index contributed by atoms with van der Waals surface area (Å²) in [6.07, 6.45) is 2.93. The van der Waals surface area contributed by atoms with Gasteiger partial charge in [-0.15, -0.1) is 0 Å². The molecule has 1 unspecified atom stereocenters. The molecule has 0 fully saturated rings. The Kier molecular flexibility index (Phi) is 4.65. The minimum absolute atomic E-state index is 0.107. The summed E-state index contributed by atoms with van der Waals surface area (Å²) in [6, 6.07) is 6.22. The maximum absolute atomic E-state index is 12.0. The predicted octanol–water partition coefficient (Wildman–Crippen LogP) is 0.610. The Morgan fingerprint density at radius 2 is 2.05 bits per heavy atom. The van der Waals surface area contributed by atoms with Crippen LogP contribution in [0, 0.1) is 0 Å². The zero-order chi connectivity index (χ0) is 14.5. The zero-order valence-corrected chi connectivity index (χ0v) is 11.6. The van der Waals surface area contributed by atoms with Crippen molar-refractivity contribution in [2.45, 2.75) is 6.04 Å². The van der Waals surface area contributed by atoms with Gasteiger partial charge in [-0.25, -0.2) is 4.98 Å². The van der Waals surface area contributed by atoms with Gasteiger partial charge >= 0.3 is 0 Å². The van der Waals surface area contributed by atoms with Gasteiger partial charge in [0, 0.05) is 0 Å². The highest BCUT2D eigenvalue weighted by atomic mass is 32.2. The second kappa shape index (κ2) is 6.44. The van der Waals surface area contributed by atoms with Crippen LogP contribution in [0.5, 0.6) is 0 Å². The van der Waals surface area contributed by atoms with Crippen LogP contribution in [-0.2, 0) is 4.79 Å². The molecule has 1 heterocycles. The number of fused-ring (bicyclic) bond motifs is 1. The number of nitrogens with one attached hydrogen (secondary N) is 1. The Balaban J connectivity index is 2.20. The summed E-state index contributed by atoms with van der Waals surface area (Å²) in [5.74, 6) is -0.537. The lowest BCUT2D eigenvalue weighted by Gasteiger charge is -2.13. The van der Waals surface area contributed by atoms with Gasteiger partial charge < -0.3 is 10.4 Å². The number of amides is 1. The maximum Gasteiger partial charge on any atom is 0.272 e. The molecule has 2 rings (SSSR count). The number of carbonyl (C=O) groups is 2. The molecule has 0 radical (unpaired) electrons. The largest absolute Gasteiger partial charge is 0.394 e. The molecule has 6 nitrogen and oxygen atoms in total. The third kappa shape index (κ3) is 3.12. The van der Waals surface area contributed by atoms with Gasteiger partial charge in [0.2, 0.25) is 5.12 Å². The molecule has 7 heteroatoms. The first-order chi connectivity index (χ1) is 9.65. The van der Waals surface area contributed by atoms with Crippen molar-refractivity contribution in [3.05, 3.63) is 36.2 Å². The Labute approximate surface area is 119 Å². The SMILES string of the molecule is CSC(=O)C(CO)NC(=O)c1cnc2ccccc2n1. The molecule has 0 spiro atoms. The summed E-state index contributed by atoms with van der Waals surface area (Å²) >= 11 is 0.948. The van der Waals surface area contributed by atoms with Crippen LogP contribution in [0.2, 0.25) is 0 Å². The van der Waals surface area contributed by atoms with Gasteiger partial charge in [-0.05, 0) is 18.4 Å². The van der Waals surface area contributed by atoms with Crippen molar-refractivity contribution in [2.24, 2.45) is 0 Å². The van der Waals surface area contributed by atoms with Crippen LogP contribution in [-0.4, -0.2) is 45.0 Å². The Morgan fingerprint density at radius 3 is 2.70 bits per heavy atom. The van der Waals surface area contributed by atoms with Gasteiger partial charge in [-0.3, -0.25) is 14.6 Å². The normalized spacial score (nSPS) is 12.1. The number of para-hydroxylation sites is 2. The lowest BCUT2D eigenvalue weighted by atomic mass is 10.2. The van der Waals surface area contributed by atoms with Crippen molar-refractivity contribution >= 4 is 33.8 Å². The number of thioether (sulfide) groups is 1. The molecule has 1 amide bonds. The van der Waals surface area contributed by atoms with E-state index in [0.29, 0.717) is 11.0 Å². The minimum atomic E-state index is -0.939. The molecule has 0 aliphatic rings. The molecule has 0 aliphatic carbocycles. The summed E-state index contributed by atoms with van der Waals surface area (Å²) in [5.41, 5.74) is 1.39. The zero-order valence-electron chi connectivity index (χ0n) is 10.7. The molecule has 0 aliphatic heterocycles. The fourth-order valence-corrected chi connectivity index (χ4v) is 2.04. The minimum Gasteiger partial charge on any atom is -0.394 e. The number of carbonyl (C=O) groups excluding carboxylic acids is 2. The summed E-state index contributed by atoms with van der Waals surface area (Å²) in [7, 11) is 0. The molecule has 104 valence electrons. The third-order valence-corrected chi connectivity index (χ3v) is 3.34. The third-order valence-electron chi connectivity index (χ3n) is 2.65. The number of hydrogen-bond donors (Lipinski definition) is 2. The fraction of sp³-hybridized carbons (Fsp3) is 0.231. The standard InChI is InChI=1S/C13H13N3O3S/c1-20-13(19)11(7-17)16-12(18)10-6-14-8-4-2-3-5-9(8)15-10/h2-6,11,17H,7H2,1H3,(H,16,18). The van der Waals surface area contributed by atoms with Crippen molar-refractivity contribution in [1.29, 1.82) is 0 Å². The molecule has 1 aromatic heterocycles. The topological polar surface area (TPSA) is 92.2 Å². The van der Waals surface area contributed by atoms with Gasteiger partial charge in [-0.1, -0.05) is 23.9 Å². The van der Waals surface area contributed by atoms with Gasteiger partial charge in [0.25, 0.3) is 5.91 Å². The van der Waals surface area contributed by atoms with E-state index >= 15 is 0 Å². The molecule has 1 aromatic carbocycles. The summed E-state index contributed by atoms with van der Waals surface area (Å²) in [4.78, 5) is 31.8. The van der Waals surface area contributed by atoms with Crippen molar-refractivity contribution in [1.82, 2.24) is 15.3 Å². The first-order valence-electron chi connectivity index (χ1n) is 5.87. The fourth-order valence-electron chi connectivity index (χ4n) is 1.62. The Bertz CT molecular complexity index is 648. The summed E-state index contributed by atoms with van der Waals surface area (Å²) < 4.78 is 0. The van der Waals surface area contributed by atoms with Crippen LogP contribution in [0.4, 0.5) is 0 Å². The number of benzene rings is 1. The lowest BCUT2D eigenvalue weighted by molar-refractivity contribution is -0.113. The lowest BCUT2D eigenvalue weighted by Crippen LogP contribution is -2.42. The van der Waals surface area contributed by atoms with Crippen molar-refractivity contribution in [2.75, 3.05) is 12.9 Å². The van der Waals surface area contributed by atoms with E-state index in [2.05, 4.69) is 15.3 Å². The number of nitrogens with zero attached hydrogens (tertiary/aromatic N) is 2. The first-order valence-corrected chi connectivity index (χ1v) is 7.09. The predicted molar refractivity (Wildman–Crippen MR) is 76.4 cm³/mol. The van der Waals surface area contributed by atoms with Gasteiger partial charge in [0.05, 0.1) is 23.8 Å². The average Bonchev–Trinajstić information content (AvgIpc) is 2.51. The highest BCUT2D eigenvalue weighted by Crippen LogP contribution is 2.09. The van der Waals surface area contributed by atoms with E-state index in [1.165, 1.54) is 6.20 Å². The number of hydrogen-bond acceptors (Lipinski definition) is 6. The average molecular weight is 291 g/mol. The molecule has 0 bridgehead atoms. The van der Waals surface area contributed by atoms with E-state index in [4.69, 9.17) is 5.11 Å². The second-order valence-electron chi connectivity index (χ2n) is 3.98. The van der Waals surface area contributed by atoms with Crippen LogP contribution in [0.3, 0.4) is 0 Å². The number of aromatic nitrogens is 2. The highest BCUT2D eigenvalue weighted by molar-refractivity contribution is 8.13. The van der Waals surface area contributed by atoms with Crippen LogP contribution in [0.15, 0.2) is 30.5 Å². The number of aliphatic hydroxyl groups excluding tert-OH is 1. The monoisotopic (exact) mass is 291 g/mol. The van der Waals surface area contributed by atoms with Gasteiger partial charge in [-0.2, -0.15) is 0 Å². The summed E-state index contributed by atoms with van der Waals surface area (Å²) in [6.45, 7) is -0.452. The van der Waals surface area contributed by atoms with E-state index in [1.54, 1.807) is 24.5 Å². The van der Waals surface area contributed by atoms with E-state index in [1.807, 2.05) is 6.07 Å². The molecular weight excluding hydrogens is 278 g/mol.